The van der Waals surface area contributed by atoms with Crippen molar-refractivity contribution in [3.63, 3.8) is 0 Å². The van der Waals surface area contributed by atoms with Crippen LogP contribution in [0, 0.1) is 5.92 Å². The first-order valence-electron chi connectivity index (χ1n) is 4.99. The van der Waals surface area contributed by atoms with Crippen LogP contribution in [0.25, 0.3) is 0 Å². The van der Waals surface area contributed by atoms with Crippen LogP contribution in [0.3, 0.4) is 0 Å². The Bertz CT molecular complexity index is 274. The molecule has 1 atom stereocenters. The van der Waals surface area contributed by atoms with Gasteiger partial charge >= 0.3 is 0 Å². The van der Waals surface area contributed by atoms with Gasteiger partial charge in [0.15, 0.2) is 0 Å². The Labute approximate surface area is 90.6 Å². The summed E-state index contributed by atoms with van der Waals surface area (Å²) in [6.45, 7) is 3.77. The van der Waals surface area contributed by atoms with Crippen LogP contribution in [0.15, 0.2) is 18.3 Å². The van der Waals surface area contributed by atoms with Crippen molar-refractivity contribution in [1.29, 1.82) is 0 Å². The molecule has 1 aromatic heterocycles. The Balaban J connectivity index is 2.37. The number of methoxy groups -OCH3 is 2. The van der Waals surface area contributed by atoms with Gasteiger partial charge in [-0.2, -0.15) is 0 Å². The van der Waals surface area contributed by atoms with Crippen LogP contribution in [0.5, 0.6) is 5.88 Å². The van der Waals surface area contributed by atoms with Gasteiger partial charge in [-0.05, 0) is 12.0 Å². The highest BCUT2D eigenvalue weighted by Gasteiger charge is 2.01. The van der Waals surface area contributed by atoms with E-state index < -0.39 is 0 Å². The van der Waals surface area contributed by atoms with E-state index in [-0.39, 0.29) is 0 Å². The van der Waals surface area contributed by atoms with Gasteiger partial charge in [0.1, 0.15) is 0 Å². The van der Waals surface area contributed by atoms with E-state index >= 15 is 0 Å². The van der Waals surface area contributed by atoms with Crippen molar-refractivity contribution in [3.05, 3.63) is 18.3 Å². The van der Waals surface area contributed by atoms with Crippen molar-refractivity contribution < 1.29 is 9.47 Å². The van der Waals surface area contributed by atoms with Gasteiger partial charge in [-0.25, -0.2) is 4.98 Å². The number of hydrogen-bond donors (Lipinski definition) is 1. The largest absolute Gasteiger partial charge is 0.481 e. The second kappa shape index (κ2) is 6.24. The van der Waals surface area contributed by atoms with E-state index in [9.17, 15) is 0 Å². The van der Waals surface area contributed by atoms with E-state index in [2.05, 4.69) is 17.2 Å². The van der Waals surface area contributed by atoms with Crippen LogP contribution >= 0.6 is 0 Å². The molecule has 4 heteroatoms. The summed E-state index contributed by atoms with van der Waals surface area (Å²) in [5.74, 6) is 1.11. The summed E-state index contributed by atoms with van der Waals surface area (Å²) in [5.41, 5.74) is 0.999. The second-order valence-corrected chi connectivity index (χ2v) is 3.53. The van der Waals surface area contributed by atoms with Crippen LogP contribution < -0.4 is 10.1 Å². The minimum absolute atomic E-state index is 0.483. The summed E-state index contributed by atoms with van der Waals surface area (Å²) >= 11 is 0. The van der Waals surface area contributed by atoms with E-state index in [0.29, 0.717) is 11.8 Å². The highest BCUT2D eigenvalue weighted by molar-refractivity contribution is 5.41. The van der Waals surface area contributed by atoms with Crippen LogP contribution in [0.1, 0.15) is 6.92 Å². The molecule has 0 amide bonds. The molecule has 1 unspecified atom stereocenters. The monoisotopic (exact) mass is 210 g/mol. The Kier molecular flexibility index (Phi) is 4.90. The van der Waals surface area contributed by atoms with E-state index in [1.807, 2.05) is 12.1 Å². The molecule has 0 spiro atoms. The maximum Gasteiger partial charge on any atom is 0.213 e. The third-order valence-corrected chi connectivity index (χ3v) is 2.05. The summed E-state index contributed by atoms with van der Waals surface area (Å²) < 4.78 is 10.0. The van der Waals surface area contributed by atoms with Gasteiger partial charge in [-0.3, -0.25) is 0 Å². The molecule has 0 saturated heterocycles. The second-order valence-electron chi connectivity index (χ2n) is 3.53. The lowest BCUT2D eigenvalue weighted by atomic mass is 10.2. The van der Waals surface area contributed by atoms with Gasteiger partial charge in [0.25, 0.3) is 0 Å². The number of hydrogen-bond acceptors (Lipinski definition) is 4. The predicted molar refractivity (Wildman–Crippen MR) is 60.3 cm³/mol. The lowest BCUT2D eigenvalue weighted by Crippen LogP contribution is -2.15. The summed E-state index contributed by atoms with van der Waals surface area (Å²) in [6.07, 6.45) is 1.76. The molecule has 0 radical (unpaired) electrons. The topological polar surface area (TPSA) is 43.4 Å². The molecular formula is C11H18N2O2. The van der Waals surface area contributed by atoms with Gasteiger partial charge in [0, 0.05) is 19.7 Å². The van der Waals surface area contributed by atoms with Crippen molar-refractivity contribution in [2.45, 2.75) is 6.92 Å². The van der Waals surface area contributed by atoms with E-state index in [0.717, 1.165) is 18.8 Å². The Hall–Kier alpha value is -1.29. The third kappa shape index (κ3) is 4.16. The number of rotatable bonds is 6. The zero-order chi connectivity index (χ0) is 11.1. The minimum Gasteiger partial charge on any atom is -0.481 e. The molecule has 1 rings (SSSR count). The number of anilines is 1. The fourth-order valence-electron chi connectivity index (χ4n) is 1.24. The molecule has 1 heterocycles. The Morgan fingerprint density at radius 1 is 1.40 bits per heavy atom. The number of pyridine rings is 1. The van der Waals surface area contributed by atoms with Crippen LogP contribution in [0.2, 0.25) is 0 Å². The lowest BCUT2D eigenvalue weighted by molar-refractivity contribution is 0.164. The van der Waals surface area contributed by atoms with Crippen LogP contribution in [-0.4, -0.2) is 32.4 Å². The fourth-order valence-corrected chi connectivity index (χ4v) is 1.24. The number of nitrogens with one attached hydrogen (secondary N) is 1. The van der Waals surface area contributed by atoms with Crippen molar-refractivity contribution in [3.8, 4) is 5.88 Å². The Morgan fingerprint density at radius 3 is 2.73 bits per heavy atom. The summed E-state index contributed by atoms with van der Waals surface area (Å²) in [6, 6.07) is 3.79. The van der Waals surface area contributed by atoms with Crippen molar-refractivity contribution in [1.82, 2.24) is 4.98 Å². The average Bonchev–Trinajstić information content (AvgIpc) is 2.27. The van der Waals surface area contributed by atoms with Crippen molar-refractivity contribution in [2.24, 2.45) is 5.92 Å². The average molecular weight is 210 g/mol. The SMILES string of the molecule is COCC(C)CNc1ccc(OC)nc1. The summed E-state index contributed by atoms with van der Waals surface area (Å²) in [5, 5.41) is 3.28. The maximum atomic E-state index is 5.05. The molecule has 1 N–H and O–H groups in total. The molecule has 0 fully saturated rings. The zero-order valence-electron chi connectivity index (χ0n) is 9.49. The summed E-state index contributed by atoms with van der Waals surface area (Å²) in [4.78, 5) is 4.11. The van der Waals surface area contributed by atoms with Gasteiger partial charge in [-0.15, -0.1) is 0 Å². The first kappa shape index (κ1) is 11.8. The maximum absolute atomic E-state index is 5.05. The molecule has 4 nitrogen and oxygen atoms in total. The normalized spacial score (nSPS) is 12.2. The van der Waals surface area contributed by atoms with Crippen LogP contribution in [-0.2, 0) is 4.74 Å². The third-order valence-electron chi connectivity index (χ3n) is 2.05. The Morgan fingerprint density at radius 2 is 2.20 bits per heavy atom. The van der Waals surface area contributed by atoms with E-state index in [4.69, 9.17) is 9.47 Å². The van der Waals surface area contributed by atoms with Gasteiger partial charge in [-0.1, -0.05) is 6.92 Å². The molecule has 0 aromatic carbocycles. The molecule has 0 aliphatic heterocycles. The minimum atomic E-state index is 0.483. The highest BCUT2D eigenvalue weighted by atomic mass is 16.5. The smallest absolute Gasteiger partial charge is 0.213 e. The zero-order valence-corrected chi connectivity index (χ0v) is 9.49. The molecular weight excluding hydrogens is 192 g/mol. The molecule has 0 saturated carbocycles. The standard InChI is InChI=1S/C11H18N2O2/c1-9(8-14-2)6-12-10-4-5-11(15-3)13-7-10/h4-5,7,9,12H,6,8H2,1-3H3. The van der Waals surface area contributed by atoms with Crippen molar-refractivity contribution in [2.75, 3.05) is 32.7 Å². The quantitative estimate of drug-likeness (QED) is 0.777. The number of ether oxygens (including phenoxy) is 2. The first-order valence-corrected chi connectivity index (χ1v) is 4.99. The van der Waals surface area contributed by atoms with Crippen LogP contribution in [0.4, 0.5) is 5.69 Å². The van der Waals surface area contributed by atoms with Gasteiger partial charge in [0.2, 0.25) is 5.88 Å². The molecule has 84 valence electrons. The fraction of sp³-hybridized carbons (Fsp3) is 0.545. The van der Waals surface area contributed by atoms with Crippen molar-refractivity contribution >= 4 is 5.69 Å². The van der Waals surface area contributed by atoms with Gasteiger partial charge in [0.05, 0.1) is 25.6 Å². The molecule has 0 aliphatic carbocycles. The molecule has 1 aromatic rings. The first-order chi connectivity index (χ1) is 7.26. The molecule has 15 heavy (non-hydrogen) atoms. The number of nitrogens with zero attached hydrogens (tertiary/aromatic N) is 1. The lowest BCUT2D eigenvalue weighted by Gasteiger charge is -2.12. The molecule has 0 bridgehead atoms. The van der Waals surface area contributed by atoms with Gasteiger partial charge < -0.3 is 14.8 Å². The van der Waals surface area contributed by atoms with E-state index in [1.54, 1.807) is 20.4 Å². The predicted octanol–water partition coefficient (Wildman–Crippen LogP) is 1.78. The number of aromatic nitrogens is 1. The molecule has 0 aliphatic rings. The highest BCUT2D eigenvalue weighted by Crippen LogP contribution is 2.11. The summed E-state index contributed by atoms with van der Waals surface area (Å²) in [7, 11) is 3.32. The van der Waals surface area contributed by atoms with E-state index in [1.165, 1.54) is 0 Å².